The molecule has 0 aliphatic heterocycles. The number of sulfonamides is 1. The van der Waals surface area contributed by atoms with Gasteiger partial charge in [-0.05, 0) is 45.4 Å². The zero-order valence-electron chi connectivity index (χ0n) is 11.5. The van der Waals surface area contributed by atoms with Crippen LogP contribution in [0.5, 0.6) is 0 Å². The molecule has 112 valence electrons. The molecule has 1 aromatic rings. The average molecular weight is 337 g/mol. The lowest BCUT2D eigenvalue weighted by Gasteiger charge is -2.38. The Hall–Kier alpha value is -0.330. The van der Waals surface area contributed by atoms with Gasteiger partial charge in [0, 0.05) is 22.7 Å². The number of hydrogen-bond acceptors (Lipinski definition) is 3. The van der Waals surface area contributed by atoms with E-state index in [2.05, 4.69) is 10.0 Å². The van der Waals surface area contributed by atoms with Crippen LogP contribution in [0.3, 0.4) is 0 Å². The van der Waals surface area contributed by atoms with Crippen LogP contribution in [-0.2, 0) is 16.6 Å². The molecule has 20 heavy (non-hydrogen) atoms. The smallest absolute Gasteiger partial charge is 0.242 e. The molecule has 1 saturated carbocycles. The van der Waals surface area contributed by atoms with E-state index in [4.69, 9.17) is 23.2 Å². The summed E-state index contributed by atoms with van der Waals surface area (Å²) in [6.45, 7) is 2.32. The highest BCUT2D eigenvalue weighted by molar-refractivity contribution is 7.89. The first-order valence-electron chi connectivity index (χ1n) is 6.44. The zero-order chi connectivity index (χ0) is 15.0. The topological polar surface area (TPSA) is 58.2 Å². The fourth-order valence-corrected chi connectivity index (χ4v) is 4.69. The first kappa shape index (κ1) is 16.0. The maximum atomic E-state index is 12.5. The van der Waals surface area contributed by atoms with Crippen molar-refractivity contribution in [2.75, 3.05) is 7.05 Å². The molecule has 0 saturated heterocycles. The van der Waals surface area contributed by atoms with E-state index in [-0.39, 0.29) is 15.5 Å². The van der Waals surface area contributed by atoms with Crippen molar-refractivity contribution in [1.29, 1.82) is 0 Å². The highest BCUT2D eigenvalue weighted by Gasteiger charge is 2.37. The Balaban J connectivity index is 2.39. The molecule has 0 spiro atoms. The fraction of sp³-hybridized carbons (Fsp3) is 0.538. The van der Waals surface area contributed by atoms with Crippen LogP contribution in [0.25, 0.3) is 0 Å². The van der Waals surface area contributed by atoms with Crippen molar-refractivity contribution in [3.63, 3.8) is 0 Å². The lowest BCUT2D eigenvalue weighted by atomic mass is 9.80. The van der Waals surface area contributed by atoms with Gasteiger partial charge in [-0.1, -0.05) is 23.2 Å². The molecule has 0 bridgehead atoms. The van der Waals surface area contributed by atoms with E-state index in [1.165, 1.54) is 6.07 Å². The Labute approximate surface area is 129 Å². The maximum absolute atomic E-state index is 12.5. The highest BCUT2D eigenvalue weighted by Crippen LogP contribution is 2.35. The van der Waals surface area contributed by atoms with Crippen LogP contribution in [0, 0.1) is 0 Å². The predicted octanol–water partition coefficient (Wildman–Crippen LogP) is 2.93. The van der Waals surface area contributed by atoms with E-state index in [1.54, 1.807) is 13.1 Å². The van der Waals surface area contributed by atoms with Crippen molar-refractivity contribution in [1.82, 2.24) is 10.0 Å². The highest BCUT2D eigenvalue weighted by atomic mass is 35.5. The normalized spacial score (nSPS) is 17.8. The SMILES string of the molecule is CNCc1c(Cl)ccc(S(=O)(=O)NC2(C)CCC2)c1Cl. The molecular formula is C13H18Cl2N2O2S. The molecule has 0 heterocycles. The van der Waals surface area contributed by atoms with Crippen molar-refractivity contribution < 1.29 is 8.42 Å². The molecule has 2 N–H and O–H groups in total. The molecule has 0 radical (unpaired) electrons. The molecule has 0 atom stereocenters. The summed E-state index contributed by atoms with van der Waals surface area (Å²) in [5.74, 6) is 0. The number of rotatable bonds is 5. The van der Waals surface area contributed by atoms with Gasteiger partial charge < -0.3 is 5.32 Å². The summed E-state index contributed by atoms with van der Waals surface area (Å²) in [4.78, 5) is 0.0851. The quantitative estimate of drug-likeness (QED) is 0.869. The minimum Gasteiger partial charge on any atom is -0.316 e. The molecule has 1 fully saturated rings. The van der Waals surface area contributed by atoms with Gasteiger partial charge in [-0.2, -0.15) is 0 Å². The van der Waals surface area contributed by atoms with Crippen LogP contribution in [0.15, 0.2) is 17.0 Å². The Morgan fingerprint density at radius 3 is 2.45 bits per heavy atom. The summed E-state index contributed by atoms with van der Waals surface area (Å²) >= 11 is 12.3. The van der Waals surface area contributed by atoms with Crippen molar-refractivity contribution in [3.8, 4) is 0 Å². The third-order valence-corrected chi connectivity index (χ3v) is 6.21. The van der Waals surface area contributed by atoms with Crippen molar-refractivity contribution in [3.05, 3.63) is 27.7 Å². The second-order valence-electron chi connectivity index (χ2n) is 5.39. The van der Waals surface area contributed by atoms with Crippen molar-refractivity contribution in [2.24, 2.45) is 0 Å². The number of benzene rings is 1. The summed E-state index contributed by atoms with van der Waals surface area (Å²) in [5.41, 5.74) is 0.239. The number of halogens is 2. The lowest BCUT2D eigenvalue weighted by molar-refractivity contribution is 0.248. The summed E-state index contributed by atoms with van der Waals surface area (Å²) in [5, 5.41) is 3.57. The minimum atomic E-state index is -3.64. The third-order valence-electron chi connectivity index (χ3n) is 3.63. The van der Waals surface area contributed by atoms with Crippen LogP contribution < -0.4 is 10.0 Å². The molecule has 1 aliphatic carbocycles. The van der Waals surface area contributed by atoms with Crippen LogP contribution in [0.1, 0.15) is 31.7 Å². The first-order chi connectivity index (χ1) is 9.29. The minimum absolute atomic E-state index is 0.0851. The second-order valence-corrected chi connectivity index (χ2v) is 7.82. The standard InChI is InChI=1S/C13H18Cl2N2O2S/c1-13(6-3-7-13)17-20(18,19)11-5-4-10(14)9(8-16-2)12(11)15/h4-5,16-17H,3,6-8H2,1-2H3. The Morgan fingerprint density at radius 2 is 1.95 bits per heavy atom. The van der Waals surface area contributed by atoms with E-state index in [0.29, 0.717) is 17.1 Å². The van der Waals surface area contributed by atoms with Gasteiger partial charge in [0.2, 0.25) is 10.0 Å². The number of hydrogen-bond donors (Lipinski definition) is 2. The van der Waals surface area contributed by atoms with E-state index in [9.17, 15) is 8.42 Å². The van der Waals surface area contributed by atoms with Gasteiger partial charge >= 0.3 is 0 Å². The summed E-state index contributed by atoms with van der Waals surface area (Å²) in [7, 11) is -1.88. The molecule has 2 rings (SSSR count). The van der Waals surface area contributed by atoms with Gasteiger partial charge in [0.1, 0.15) is 4.90 Å². The number of nitrogens with one attached hydrogen (secondary N) is 2. The van der Waals surface area contributed by atoms with E-state index in [1.807, 2.05) is 6.92 Å². The molecule has 4 nitrogen and oxygen atoms in total. The Bertz CT molecular complexity index is 613. The van der Waals surface area contributed by atoms with Gasteiger partial charge in [0.25, 0.3) is 0 Å². The summed E-state index contributed by atoms with van der Waals surface area (Å²) in [6.07, 6.45) is 2.74. The largest absolute Gasteiger partial charge is 0.316 e. The van der Waals surface area contributed by atoms with Crippen LogP contribution in [-0.4, -0.2) is 21.0 Å². The van der Waals surface area contributed by atoms with Gasteiger partial charge in [0.15, 0.2) is 0 Å². The first-order valence-corrected chi connectivity index (χ1v) is 8.68. The fourth-order valence-electron chi connectivity index (χ4n) is 2.31. The van der Waals surface area contributed by atoms with E-state index in [0.717, 1.165) is 19.3 Å². The molecule has 1 aromatic carbocycles. The predicted molar refractivity (Wildman–Crippen MR) is 81.8 cm³/mol. The average Bonchev–Trinajstić information content (AvgIpc) is 2.31. The van der Waals surface area contributed by atoms with Gasteiger partial charge in [0.05, 0.1) is 5.02 Å². The molecule has 1 aliphatic rings. The Morgan fingerprint density at radius 1 is 1.30 bits per heavy atom. The third kappa shape index (κ3) is 3.12. The molecular weight excluding hydrogens is 319 g/mol. The van der Waals surface area contributed by atoms with Gasteiger partial charge in [-0.25, -0.2) is 13.1 Å². The van der Waals surface area contributed by atoms with Gasteiger partial charge in [-0.3, -0.25) is 0 Å². The maximum Gasteiger partial charge on any atom is 0.242 e. The van der Waals surface area contributed by atoms with Crippen LogP contribution in [0.4, 0.5) is 0 Å². The molecule has 0 aromatic heterocycles. The zero-order valence-corrected chi connectivity index (χ0v) is 13.8. The summed E-state index contributed by atoms with van der Waals surface area (Å²) in [6, 6.07) is 3.02. The monoisotopic (exact) mass is 336 g/mol. The van der Waals surface area contributed by atoms with Crippen LogP contribution >= 0.6 is 23.2 Å². The van der Waals surface area contributed by atoms with Crippen molar-refractivity contribution in [2.45, 2.75) is 43.2 Å². The van der Waals surface area contributed by atoms with Crippen molar-refractivity contribution >= 4 is 33.2 Å². The molecule has 0 unspecified atom stereocenters. The lowest BCUT2D eigenvalue weighted by Crippen LogP contribution is -2.50. The summed E-state index contributed by atoms with van der Waals surface area (Å²) < 4.78 is 27.7. The van der Waals surface area contributed by atoms with Gasteiger partial charge in [-0.15, -0.1) is 0 Å². The second kappa shape index (κ2) is 5.81. The Kier molecular flexibility index (Phi) is 4.66. The van der Waals surface area contributed by atoms with Crippen LogP contribution in [0.2, 0.25) is 10.0 Å². The van der Waals surface area contributed by atoms with E-state index >= 15 is 0 Å². The molecule has 7 heteroatoms. The van der Waals surface area contributed by atoms with E-state index < -0.39 is 10.0 Å². The molecule has 0 amide bonds.